The molecule has 0 aromatic heterocycles. The van der Waals surface area contributed by atoms with Gasteiger partial charge in [-0.2, -0.15) is 13.2 Å². The molecule has 0 unspecified atom stereocenters. The number of hydrogen-bond acceptors (Lipinski definition) is 3. The van der Waals surface area contributed by atoms with E-state index in [1.807, 2.05) is 45.0 Å². The van der Waals surface area contributed by atoms with Gasteiger partial charge >= 0.3 is 6.18 Å². The van der Waals surface area contributed by atoms with Gasteiger partial charge < -0.3 is 11.1 Å². The Labute approximate surface area is 163 Å². The molecule has 0 aliphatic heterocycles. The van der Waals surface area contributed by atoms with Crippen LogP contribution >= 0.6 is 0 Å². The predicted octanol–water partition coefficient (Wildman–Crippen LogP) is 5.60. The maximum atomic E-state index is 14.4. The molecule has 3 nitrogen and oxygen atoms in total. The lowest BCUT2D eigenvalue weighted by Gasteiger charge is -2.11. The molecule has 0 fully saturated rings. The van der Waals surface area contributed by atoms with Crippen LogP contribution in [0.2, 0.25) is 0 Å². The van der Waals surface area contributed by atoms with E-state index in [1.54, 1.807) is 6.07 Å². The molecule has 2 rings (SSSR count). The monoisotopic (exact) mass is 395 g/mol. The Kier molecular flexibility index (Phi) is 8.70. The molecule has 0 atom stereocenters. The molecule has 2 aromatic rings. The fourth-order valence-corrected chi connectivity index (χ4v) is 2.33. The van der Waals surface area contributed by atoms with Gasteiger partial charge in [-0.05, 0) is 42.3 Å². The molecule has 3 N–H and O–H groups in total. The minimum Gasteiger partial charge on any atom is -0.395 e. The first-order valence-electron chi connectivity index (χ1n) is 8.82. The molecule has 0 radical (unpaired) electrons. The van der Waals surface area contributed by atoms with Crippen LogP contribution in [-0.4, -0.2) is 18.9 Å². The molecule has 2 aromatic carbocycles. The van der Waals surface area contributed by atoms with E-state index in [4.69, 9.17) is 5.73 Å². The lowest BCUT2D eigenvalue weighted by molar-refractivity contribution is -0.0925. The van der Waals surface area contributed by atoms with E-state index in [1.165, 1.54) is 19.2 Å². The summed E-state index contributed by atoms with van der Waals surface area (Å²) in [6, 6.07) is 11.9. The van der Waals surface area contributed by atoms with E-state index < -0.39 is 17.7 Å². The number of benzene rings is 2. The Balaban J connectivity index is 0.00000190. The van der Waals surface area contributed by atoms with E-state index in [0.29, 0.717) is 18.3 Å². The van der Waals surface area contributed by atoms with Gasteiger partial charge in [0.15, 0.2) is 0 Å². The highest BCUT2D eigenvalue weighted by Crippen LogP contribution is 2.23. The number of aliphatic imine (C=N–C) groups is 1. The fourth-order valence-electron chi connectivity index (χ4n) is 2.33. The summed E-state index contributed by atoms with van der Waals surface area (Å²) in [5.41, 5.74) is 6.10. The first kappa shape index (κ1) is 23.2. The first-order valence-corrected chi connectivity index (χ1v) is 8.82. The van der Waals surface area contributed by atoms with Gasteiger partial charge in [0.05, 0.1) is 5.71 Å². The van der Waals surface area contributed by atoms with Crippen LogP contribution in [0.5, 0.6) is 0 Å². The third kappa shape index (κ3) is 6.40. The third-order valence-electron chi connectivity index (χ3n) is 3.85. The van der Waals surface area contributed by atoms with Crippen LogP contribution in [0.1, 0.15) is 30.5 Å². The van der Waals surface area contributed by atoms with Gasteiger partial charge in [-0.1, -0.05) is 38.1 Å². The Hall–Kier alpha value is -2.83. The summed E-state index contributed by atoms with van der Waals surface area (Å²) >= 11 is 0. The fraction of sp³-hybridized carbons (Fsp3) is 0.286. The number of rotatable bonds is 5. The van der Waals surface area contributed by atoms with Crippen LogP contribution in [0, 0.1) is 12.7 Å². The normalized spacial score (nSPS) is 12.3. The van der Waals surface area contributed by atoms with Gasteiger partial charge in [-0.3, -0.25) is 4.99 Å². The minimum atomic E-state index is -4.69. The number of allylic oxidation sites excluding steroid dienone is 2. The Morgan fingerprint density at radius 3 is 2.32 bits per heavy atom. The lowest BCUT2D eigenvalue weighted by Crippen LogP contribution is -2.21. The van der Waals surface area contributed by atoms with Crippen LogP contribution in [0.3, 0.4) is 0 Å². The van der Waals surface area contributed by atoms with Crippen LogP contribution in [0.15, 0.2) is 59.2 Å². The Morgan fingerprint density at radius 1 is 1.14 bits per heavy atom. The number of nitrogens with two attached hydrogens (primary N) is 1. The maximum Gasteiger partial charge on any atom is 0.430 e. The third-order valence-corrected chi connectivity index (χ3v) is 3.85. The second-order valence-electron chi connectivity index (χ2n) is 5.68. The van der Waals surface area contributed by atoms with E-state index in [9.17, 15) is 17.6 Å². The quantitative estimate of drug-likeness (QED) is 0.512. The van der Waals surface area contributed by atoms with Gasteiger partial charge in [0, 0.05) is 24.8 Å². The lowest BCUT2D eigenvalue weighted by atomic mass is 10.1. The molecular weight excluding hydrogens is 370 g/mol. The van der Waals surface area contributed by atoms with Crippen LogP contribution in [0.25, 0.3) is 0 Å². The molecule has 0 saturated heterocycles. The average Bonchev–Trinajstić information content (AvgIpc) is 2.66. The van der Waals surface area contributed by atoms with Crippen molar-refractivity contribution in [3.8, 4) is 0 Å². The second kappa shape index (κ2) is 10.5. The molecule has 152 valence electrons. The number of aryl methyl sites for hydroxylation is 1. The molecule has 0 heterocycles. The predicted molar refractivity (Wildman–Crippen MR) is 107 cm³/mol. The molecule has 0 spiro atoms. The van der Waals surface area contributed by atoms with Crippen molar-refractivity contribution in [3.05, 3.63) is 76.7 Å². The van der Waals surface area contributed by atoms with Gasteiger partial charge in [0.25, 0.3) is 0 Å². The number of anilines is 1. The number of nitrogens with one attached hydrogen (secondary N) is 1. The van der Waals surface area contributed by atoms with Crippen molar-refractivity contribution in [2.45, 2.75) is 33.5 Å². The van der Waals surface area contributed by atoms with Crippen LogP contribution in [0.4, 0.5) is 23.2 Å². The number of nitrogens with zero attached hydrogens (tertiary/aromatic N) is 1. The van der Waals surface area contributed by atoms with Crippen molar-refractivity contribution in [3.63, 3.8) is 0 Å². The van der Waals surface area contributed by atoms with Crippen molar-refractivity contribution in [2.75, 3.05) is 12.4 Å². The van der Waals surface area contributed by atoms with Gasteiger partial charge in [-0.25, -0.2) is 4.39 Å². The van der Waals surface area contributed by atoms with Crippen LogP contribution < -0.4 is 11.1 Å². The average molecular weight is 395 g/mol. The molecule has 0 saturated carbocycles. The Bertz CT molecular complexity index is 840. The maximum absolute atomic E-state index is 14.4. The summed E-state index contributed by atoms with van der Waals surface area (Å²) in [6.45, 7) is 6.48. The van der Waals surface area contributed by atoms with Gasteiger partial charge in [0.2, 0.25) is 0 Å². The number of alkyl halides is 3. The highest BCUT2D eigenvalue weighted by molar-refractivity contribution is 6.09. The molecule has 0 aliphatic carbocycles. The van der Waals surface area contributed by atoms with Gasteiger partial charge in [-0.15, -0.1) is 0 Å². The molecule has 0 amide bonds. The molecule has 0 aliphatic rings. The topological polar surface area (TPSA) is 50.4 Å². The van der Waals surface area contributed by atoms with Crippen molar-refractivity contribution >= 4 is 11.4 Å². The summed E-state index contributed by atoms with van der Waals surface area (Å²) in [6.07, 6.45) is -4.07. The highest BCUT2D eigenvalue weighted by Gasteiger charge is 2.31. The second-order valence-corrected chi connectivity index (χ2v) is 5.68. The highest BCUT2D eigenvalue weighted by atomic mass is 19.4. The van der Waals surface area contributed by atoms with E-state index >= 15 is 0 Å². The minimum absolute atomic E-state index is 0.0545. The number of hydrogen-bond donors (Lipinski definition) is 2. The van der Waals surface area contributed by atoms with E-state index in [0.717, 1.165) is 11.1 Å². The summed E-state index contributed by atoms with van der Waals surface area (Å²) in [7, 11) is 1.28. The van der Waals surface area contributed by atoms with Crippen molar-refractivity contribution in [1.29, 1.82) is 0 Å². The summed E-state index contributed by atoms with van der Waals surface area (Å²) < 4.78 is 52.1. The zero-order valence-corrected chi connectivity index (χ0v) is 16.4. The summed E-state index contributed by atoms with van der Waals surface area (Å²) in [5, 5.41) is 3.09. The standard InChI is InChI=1S/C19H19F4N3.C2H6/c1-12-5-3-4-6-13(12)11-26-14-7-8-15(16(20)9-14)17(25-2)10-18(24)19(21,22)23;1-2/h3-10,26H,11,24H2,1-2H3;1-2H3/b18-10-,25-17?;. The molecule has 0 bridgehead atoms. The zero-order chi connectivity index (χ0) is 21.3. The first-order chi connectivity index (χ1) is 13.2. The summed E-state index contributed by atoms with van der Waals surface area (Å²) in [4.78, 5) is 3.71. The van der Waals surface area contributed by atoms with Crippen molar-refractivity contribution in [2.24, 2.45) is 10.7 Å². The van der Waals surface area contributed by atoms with Crippen LogP contribution in [-0.2, 0) is 6.54 Å². The molecule has 7 heteroatoms. The molecular formula is C21H25F4N3. The number of halogens is 4. The van der Waals surface area contributed by atoms with Gasteiger partial charge in [0.1, 0.15) is 11.5 Å². The van der Waals surface area contributed by atoms with E-state index in [-0.39, 0.29) is 11.3 Å². The summed E-state index contributed by atoms with van der Waals surface area (Å²) in [5.74, 6) is -0.688. The largest absolute Gasteiger partial charge is 0.430 e. The SMILES string of the molecule is CC.CN=C(/C=C(\N)C(F)(F)F)c1ccc(NCc2ccccc2C)cc1F. The Morgan fingerprint density at radius 2 is 1.79 bits per heavy atom. The van der Waals surface area contributed by atoms with Crippen molar-refractivity contribution in [1.82, 2.24) is 0 Å². The smallest absolute Gasteiger partial charge is 0.395 e. The zero-order valence-electron chi connectivity index (χ0n) is 16.4. The van der Waals surface area contributed by atoms with E-state index in [2.05, 4.69) is 10.3 Å². The molecule has 28 heavy (non-hydrogen) atoms. The van der Waals surface area contributed by atoms with Crippen molar-refractivity contribution < 1.29 is 17.6 Å².